The molecule has 12 unspecified atom stereocenters. The summed E-state index contributed by atoms with van der Waals surface area (Å²) < 4.78 is 22.7. The summed E-state index contributed by atoms with van der Waals surface area (Å²) in [5.41, 5.74) is 0. The van der Waals surface area contributed by atoms with E-state index in [1.807, 2.05) is 6.08 Å². The molecule has 2 heterocycles. The molecule has 0 spiro atoms. The van der Waals surface area contributed by atoms with Crippen LogP contribution in [-0.4, -0.2) is 140 Å². The molecular formula is C60H107NO13. The molecule has 14 nitrogen and oxygen atoms in total. The first-order chi connectivity index (χ1) is 36.1. The fraction of sp³-hybridized carbons (Fsp3) is 0.817. The van der Waals surface area contributed by atoms with E-state index >= 15 is 0 Å². The van der Waals surface area contributed by atoms with E-state index in [-0.39, 0.29) is 18.9 Å². The molecule has 0 aliphatic carbocycles. The first-order valence-corrected chi connectivity index (χ1v) is 29.5. The standard InChI is InChI=1S/C60H107NO13/c1-3-5-7-9-11-13-15-17-18-19-20-21-22-23-24-25-26-27-28-29-30-32-34-36-38-40-42-44-52(65)61-48(49(64)43-41-39-37-35-33-31-16-14-12-10-8-6-4-2)47-71-59-57(70)55(68)58(51(46-63)73-59)74-60-56(69)54(67)53(66)50(45-62)72-60/h12,14-15,17,19-20,33,35,41,43,48-51,53-60,62-64,66-70H,3-11,13,16,18,21-32,34,36-40,42,44-47H2,1-2H3,(H,61,65)/b14-12+,17-15-,20-19-,35-33+,43-41+. The SMILES string of the molecule is CCCCC/C=C/CC/C=C/CC/C=C/C(O)C(COC1OC(CO)C(OC2OC(CO)C(O)C(O)C2O)C(O)C1O)NC(=O)CCCCCCCCCCCCCCCCC/C=C\C/C=C\CCCCCCC. The van der Waals surface area contributed by atoms with Crippen LogP contribution in [0, 0.1) is 0 Å². The number of hydrogen-bond acceptors (Lipinski definition) is 13. The zero-order valence-corrected chi connectivity index (χ0v) is 46.1. The molecule has 0 bridgehead atoms. The van der Waals surface area contributed by atoms with Gasteiger partial charge in [0.1, 0.15) is 48.8 Å². The van der Waals surface area contributed by atoms with Crippen molar-refractivity contribution < 1.29 is 64.6 Å². The number of nitrogens with one attached hydrogen (secondary N) is 1. The van der Waals surface area contributed by atoms with E-state index in [1.54, 1.807) is 6.08 Å². The van der Waals surface area contributed by atoms with Crippen LogP contribution >= 0.6 is 0 Å². The third kappa shape index (κ3) is 31.2. The van der Waals surface area contributed by atoms with E-state index in [0.717, 1.165) is 51.4 Å². The first-order valence-electron chi connectivity index (χ1n) is 29.5. The summed E-state index contributed by atoms with van der Waals surface area (Å²) in [5, 5.41) is 86.9. The maximum absolute atomic E-state index is 13.2. The normalized spacial score (nSPS) is 25.6. The summed E-state index contributed by atoms with van der Waals surface area (Å²) >= 11 is 0. The maximum atomic E-state index is 13.2. The molecule has 12 atom stereocenters. The summed E-state index contributed by atoms with van der Waals surface area (Å²) in [6.07, 6.45) is 41.3. The summed E-state index contributed by atoms with van der Waals surface area (Å²) in [7, 11) is 0. The van der Waals surface area contributed by atoms with Crippen molar-refractivity contribution in [3.63, 3.8) is 0 Å². The van der Waals surface area contributed by atoms with E-state index in [0.29, 0.717) is 12.8 Å². The molecule has 2 rings (SSSR count). The molecular weight excluding hydrogens is 943 g/mol. The highest BCUT2D eigenvalue weighted by molar-refractivity contribution is 5.76. The number of aliphatic hydroxyl groups excluding tert-OH is 8. The van der Waals surface area contributed by atoms with Gasteiger partial charge >= 0.3 is 0 Å². The number of allylic oxidation sites excluding steroid dienone is 9. The lowest BCUT2D eigenvalue weighted by Crippen LogP contribution is -2.65. The Morgan fingerprint density at radius 1 is 0.486 bits per heavy atom. The summed E-state index contributed by atoms with van der Waals surface area (Å²) in [6.45, 7) is 2.72. The van der Waals surface area contributed by atoms with Gasteiger partial charge in [0, 0.05) is 6.42 Å². The smallest absolute Gasteiger partial charge is 0.220 e. The number of rotatable bonds is 46. The molecule has 2 aliphatic rings. The number of amides is 1. The van der Waals surface area contributed by atoms with Gasteiger partial charge < -0.3 is 65.1 Å². The van der Waals surface area contributed by atoms with Crippen molar-refractivity contribution in [3.8, 4) is 0 Å². The van der Waals surface area contributed by atoms with Gasteiger partial charge in [0.25, 0.3) is 0 Å². The van der Waals surface area contributed by atoms with E-state index < -0.39 is 86.8 Å². The zero-order chi connectivity index (χ0) is 53.9. The number of aliphatic hydroxyl groups is 8. The van der Waals surface area contributed by atoms with Gasteiger partial charge in [-0.3, -0.25) is 4.79 Å². The van der Waals surface area contributed by atoms with Gasteiger partial charge in [0.15, 0.2) is 12.6 Å². The minimum Gasteiger partial charge on any atom is -0.394 e. The second-order valence-electron chi connectivity index (χ2n) is 20.7. The Bertz CT molecular complexity index is 1470. The molecule has 0 aromatic carbocycles. The predicted molar refractivity (Wildman–Crippen MR) is 295 cm³/mol. The van der Waals surface area contributed by atoms with E-state index in [2.05, 4.69) is 67.8 Å². The van der Waals surface area contributed by atoms with Crippen molar-refractivity contribution in [3.05, 3.63) is 60.8 Å². The van der Waals surface area contributed by atoms with Crippen LogP contribution in [0.25, 0.3) is 0 Å². The Kier molecular flexibility index (Phi) is 41.9. The third-order valence-corrected chi connectivity index (χ3v) is 14.2. The van der Waals surface area contributed by atoms with Crippen LogP contribution < -0.4 is 5.32 Å². The highest BCUT2D eigenvalue weighted by Gasteiger charge is 2.51. The van der Waals surface area contributed by atoms with Crippen LogP contribution in [0.15, 0.2) is 60.8 Å². The molecule has 1 amide bonds. The van der Waals surface area contributed by atoms with Crippen molar-refractivity contribution in [2.24, 2.45) is 0 Å². The van der Waals surface area contributed by atoms with Crippen molar-refractivity contribution in [2.45, 2.75) is 293 Å². The lowest BCUT2D eigenvalue weighted by molar-refractivity contribution is -0.359. The quantitative estimate of drug-likeness (QED) is 0.0205. The molecule has 0 saturated carbocycles. The average Bonchev–Trinajstić information content (AvgIpc) is 3.40. The number of carbonyl (C=O) groups excluding carboxylic acids is 1. The van der Waals surface area contributed by atoms with Gasteiger partial charge in [-0.25, -0.2) is 0 Å². The Labute approximate surface area is 447 Å². The molecule has 0 radical (unpaired) electrons. The molecule has 2 fully saturated rings. The van der Waals surface area contributed by atoms with Gasteiger partial charge in [-0.1, -0.05) is 197 Å². The van der Waals surface area contributed by atoms with Gasteiger partial charge in [0.05, 0.1) is 32.0 Å². The van der Waals surface area contributed by atoms with Crippen molar-refractivity contribution >= 4 is 5.91 Å². The molecule has 2 aliphatic heterocycles. The number of ether oxygens (including phenoxy) is 4. The van der Waals surface area contributed by atoms with E-state index in [4.69, 9.17) is 18.9 Å². The van der Waals surface area contributed by atoms with Crippen LogP contribution in [0.4, 0.5) is 0 Å². The monoisotopic (exact) mass is 1050 g/mol. The van der Waals surface area contributed by atoms with Crippen LogP contribution in [0.2, 0.25) is 0 Å². The molecule has 2 saturated heterocycles. The number of unbranched alkanes of at least 4 members (excludes halogenated alkanes) is 25. The minimum atomic E-state index is -1.79. The second kappa shape index (κ2) is 45.7. The lowest BCUT2D eigenvalue weighted by atomic mass is 9.97. The van der Waals surface area contributed by atoms with Crippen molar-refractivity contribution in [1.82, 2.24) is 5.32 Å². The van der Waals surface area contributed by atoms with Gasteiger partial charge in [0.2, 0.25) is 5.91 Å². The maximum Gasteiger partial charge on any atom is 0.220 e. The molecule has 0 aromatic heterocycles. The van der Waals surface area contributed by atoms with Gasteiger partial charge in [-0.15, -0.1) is 0 Å². The highest BCUT2D eigenvalue weighted by Crippen LogP contribution is 2.30. The number of carbonyl (C=O) groups is 1. The summed E-state index contributed by atoms with van der Waals surface area (Å²) in [6, 6.07) is -0.938. The predicted octanol–water partition coefficient (Wildman–Crippen LogP) is 9.78. The molecule has 9 N–H and O–H groups in total. The van der Waals surface area contributed by atoms with Crippen molar-refractivity contribution in [2.75, 3.05) is 19.8 Å². The van der Waals surface area contributed by atoms with Crippen LogP contribution in [0.5, 0.6) is 0 Å². The van der Waals surface area contributed by atoms with E-state index in [9.17, 15) is 45.6 Å². The van der Waals surface area contributed by atoms with Crippen molar-refractivity contribution in [1.29, 1.82) is 0 Å². The number of hydrogen-bond donors (Lipinski definition) is 9. The topological polar surface area (TPSA) is 228 Å². The van der Waals surface area contributed by atoms with Crippen LogP contribution in [0.1, 0.15) is 219 Å². The highest BCUT2D eigenvalue weighted by atomic mass is 16.7. The summed E-state index contributed by atoms with van der Waals surface area (Å²) in [4.78, 5) is 13.2. The zero-order valence-electron chi connectivity index (χ0n) is 46.1. The van der Waals surface area contributed by atoms with Crippen LogP contribution in [0.3, 0.4) is 0 Å². The van der Waals surface area contributed by atoms with Crippen LogP contribution in [-0.2, 0) is 23.7 Å². The minimum absolute atomic E-state index is 0.255. The Balaban J connectivity index is 1.72. The third-order valence-electron chi connectivity index (χ3n) is 14.2. The Morgan fingerprint density at radius 2 is 0.905 bits per heavy atom. The largest absolute Gasteiger partial charge is 0.394 e. The van der Waals surface area contributed by atoms with E-state index in [1.165, 1.54) is 135 Å². The fourth-order valence-corrected chi connectivity index (χ4v) is 9.35. The van der Waals surface area contributed by atoms with Gasteiger partial charge in [-0.05, 0) is 77.0 Å². The molecule has 14 heteroatoms. The molecule has 430 valence electrons. The average molecular weight is 1050 g/mol. The summed E-state index contributed by atoms with van der Waals surface area (Å²) in [5.74, 6) is -0.255. The Hall–Kier alpha value is -2.31. The molecule has 74 heavy (non-hydrogen) atoms. The first kappa shape index (κ1) is 67.8. The fourth-order valence-electron chi connectivity index (χ4n) is 9.35. The second-order valence-corrected chi connectivity index (χ2v) is 20.7. The lowest BCUT2D eigenvalue weighted by Gasteiger charge is -2.46. The Morgan fingerprint density at radius 3 is 1.43 bits per heavy atom. The molecule has 0 aromatic rings. The van der Waals surface area contributed by atoms with Gasteiger partial charge in [-0.2, -0.15) is 0 Å².